The average Bonchev–Trinajstić information content (AvgIpc) is 3.00. The molecule has 14 heavy (non-hydrogen) atoms. The molecule has 1 aromatic carbocycles. The van der Waals surface area contributed by atoms with Gasteiger partial charge in [0.05, 0.1) is 20.8 Å². The van der Waals surface area contributed by atoms with E-state index in [0.717, 1.165) is 28.1 Å². The van der Waals surface area contributed by atoms with Crippen LogP contribution in [0.5, 0.6) is 11.5 Å². The lowest BCUT2D eigenvalue weighted by molar-refractivity contribution is 0.374. The highest BCUT2D eigenvalue weighted by atomic mass is 79.9. The van der Waals surface area contributed by atoms with E-state index in [1.54, 1.807) is 14.2 Å². The normalized spacial score (nSPS) is 19.2. The predicted molar refractivity (Wildman–Crippen MR) is 55.9 cm³/mol. The number of halogens is 1. The van der Waals surface area contributed by atoms with Crippen LogP contribution in [0.25, 0.3) is 0 Å². The molecule has 1 aliphatic heterocycles. The zero-order valence-electron chi connectivity index (χ0n) is 8.04. The first-order valence-corrected chi connectivity index (χ1v) is 5.08. The van der Waals surface area contributed by atoms with Gasteiger partial charge in [-0.1, -0.05) is 15.9 Å². The standard InChI is InChI=1S/C10H11BrO3/c1-12-6-3-7(11)10(9-5-14-9)8(4-6)13-2/h3-4,9H,5H2,1-2H3/t9-/m1/s1. The van der Waals surface area contributed by atoms with Crippen LogP contribution in [-0.2, 0) is 4.74 Å². The van der Waals surface area contributed by atoms with Gasteiger partial charge in [0.1, 0.15) is 17.6 Å². The van der Waals surface area contributed by atoms with Gasteiger partial charge in [0.25, 0.3) is 0 Å². The minimum atomic E-state index is 0.172. The number of rotatable bonds is 3. The molecule has 1 aromatic rings. The number of ether oxygens (including phenoxy) is 3. The van der Waals surface area contributed by atoms with Crippen LogP contribution in [0.15, 0.2) is 16.6 Å². The van der Waals surface area contributed by atoms with E-state index in [9.17, 15) is 0 Å². The molecule has 0 amide bonds. The maximum atomic E-state index is 5.28. The molecule has 0 spiro atoms. The minimum Gasteiger partial charge on any atom is -0.497 e. The van der Waals surface area contributed by atoms with Crippen LogP contribution in [-0.4, -0.2) is 20.8 Å². The van der Waals surface area contributed by atoms with Crippen molar-refractivity contribution in [1.82, 2.24) is 0 Å². The Labute approximate surface area is 91.1 Å². The fourth-order valence-corrected chi connectivity index (χ4v) is 2.06. The molecule has 2 rings (SSSR count). The SMILES string of the molecule is COc1cc(Br)c([C@H]2CO2)c(OC)c1. The fraction of sp³-hybridized carbons (Fsp3) is 0.400. The third-order valence-corrected chi connectivity index (χ3v) is 2.83. The van der Waals surface area contributed by atoms with Gasteiger partial charge in [-0.15, -0.1) is 0 Å². The van der Waals surface area contributed by atoms with Crippen molar-refractivity contribution in [3.63, 3.8) is 0 Å². The lowest BCUT2D eigenvalue weighted by Gasteiger charge is -2.10. The van der Waals surface area contributed by atoms with Crippen molar-refractivity contribution in [2.75, 3.05) is 20.8 Å². The highest BCUT2D eigenvalue weighted by Gasteiger charge is 2.30. The summed E-state index contributed by atoms with van der Waals surface area (Å²) in [7, 11) is 3.28. The van der Waals surface area contributed by atoms with E-state index in [0.29, 0.717) is 0 Å². The molecule has 1 aliphatic rings. The summed E-state index contributed by atoms with van der Waals surface area (Å²) in [6.07, 6.45) is 0.172. The van der Waals surface area contributed by atoms with Crippen molar-refractivity contribution in [3.8, 4) is 11.5 Å². The molecule has 0 aromatic heterocycles. The zero-order chi connectivity index (χ0) is 10.1. The van der Waals surface area contributed by atoms with E-state index in [-0.39, 0.29) is 6.10 Å². The molecule has 0 radical (unpaired) electrons. The van der Waals surface area contributed by atoms with Crippen molar-refractivity contribution in [2.24, 2.45) is 0 Å². The first kappa shape index (κ1) is 9.80. The Kier molecular flexibility index (Phi) is 2.65. The second-order valence-electron chi connectivity index (χ2n) is 3.05. The molecular formula is C10H11BrO3. The number of benzene rings is 1. The Morgan fingerprint density at radius 2 is 2.07 bits per heavy atom. The average molecular weight is 259 g/mol. The Bertz CT molecular complexity index is 347. The lowest BCUT2D eigenvalue weighted by atomic mass is 10.1. The maximum Gasteiger partial charge on any atom is 0.129 e. The Balaban J connectivity index is 2.46. The molecule has 0 unspecified atom stereocenters. The van der Waals surface area contributed by atoms with Crippen LogP contribution in [0.2, 0.25) is 0 Å². The molecule has 0 saturated carbocycles. The van der Waals surface area contributed by atoms with E-state index in [4.69, 9.17) is 14.2 Å². The van der Waals surface area contributed by atoms with Gasteiger partial charge in [0.2, 0.25) is 0 Å². The molecule has 1 fully saturated rings. The van der Waals surface area contributed by atoms with Crippen LogP contribution >= 0.6 is 15.9 Å². The van der Waals surface area contributed by atoms with Gasteiger partial charge < -0.3 is 14.2 Å². The van der Waals surface area contributed by atoms with E-state index in [2.05, 4.69) is 15.9 Å². The Morgan fingerprint density at radius 1 is 1.36 bits per heavy atom. The third-order valence-electron chi connectivity index (χ3n) is 2.18. The van der Waals surface area contributed by atoms with Gasteiger partial charge in [0.15, 0.2) is 0 Å². The van der Waals surface area contributed by atoms with Gasteiger partial charge in [-0.25, -0.2) is 0 Å². The number of hydrogen-bond donors (Lipinski definition) is 0. The molecule has 4 heteroatoms. The fourth-order valence-electron chi connectivity index (χ4n) is 1.38. The van der Waals surface area contributed by atoms with Gasteiger partial charge in [-0.05, 0) is 6.07 Å². The first-order chi connectivity index (χ1) is 6.76. The number of methoxy groups -OCH3 is 2. The van der Waals surface area contributed by atoms with Crippen molar-refractivity contribution in [2.45, 2.75) is 6.10 Å². The molecule has 0 bridgehead atoms. The van der Waals surface area contributed by atoms with Gasteiger partial charge >= 0.3 is 0 Å². The molecule has 1 saturated heterocycles. The molecule has 3 nitrogen and oxygen atoms in total. The van der Waals surface area contributed by atoms with Crippen LogP contribution < -0.4 is 9.47 Å². The monoisotopic (exact) mass is 258 g/mol. The second-order valence-corrected chi connectivity index (χ2v) is 3.90. The Morgan fingerprint density at radius 3 is 2.57 bits per heavy atom. The van der Waals surface area contributed by atoms with Crippen LogP contribution in [0.1, 0.15) is 11.7 Å². The van der Waals surface area contributed by atoms with E-state index >= 15 is 0 Å². The minimum absolute atomic E-state index is 0.172. The lowest BCUT2D eigenvalue weighted by Crippen LogP contribution is -1.94. The largest absolute Gasteiger partial charge is 0.497 e. The summed E-state index contributed by atoms with van der Waals surface area (Å²) in [5.74, 6) is 1.58. The van der Waals surface area contributed by atoms with Gasteiger partial charge in [-0.2, -0.15) is 0 Å². The van der Waals surface area contributed by atoms with Crippen molar-refractivity contribution in [1.29, 1.82) is 0 Å². The summed E-state index contributed by atoms with van der Waals surface area (Å²) >= 11 is 3.48. The third kappa shape index (κ3) is 1.72. The smallest absolute Gasteiger partial charge is 0.129 e. The molecule has 1 atom stereocenters. The molecule has 0 N–H and O–H groups in total. The summed E-state index contributed by atoms with van der Waals surface area (Å²) in [5, 5.41) is 0. The summed E-state index contributed by atoms with van der Waals surface area (Å²) in [5.41, 5.74) is 1.06. The topological polar surface area (TPSA) is 31.0 Å². The highest BCUT2D eigenvalue weighted by Crippen LogP contribution is 2.43. The van der Waals surface area contributed by atoms with Crippen molar-refractivity contribution in [3.05, 3.63) is 22.2 Å². The molecule has 0 aliphatic carbocycles. The van der Waals surface area contributed by atoms with E-state index in [1.165, 1.54) is 0 Å². The maximum absolute atomic E-state index is 5.28. The zero-order valence-corrected chi connectivity index (χ0v) is 9.63. The van der Waals surface area contributed by atoms with Gasteiger partial charge in [0, 0.05) is 16.1 Å². The first-order valence-electron chi connectivity index (χ1n) is 4.29. The Hall–Kier alpha value is -0.740. The summed E-state index contributed by atoms with van der Waals surface area (Å²) in [4.78, 5) is 0. The van der Waals surface area contributed by atoms with Crippen LogP contribution in [0.3, 0.4) is 0 Å². The van der Waals surface area contributed by atoms with E-state index < -0.39 is 0 Å². The van der Waals surface area contributed by atoms with Crippen molar-refractivity contribution < 1.29 is 14.2 Å². The molecule has 1 heterocycles. The molecular weight excluding hydrogens is 248 g/mol. The van der Waals surface area contributed by atoms with Gasteiger partial charge in [-0.3, -0.25) is 0 Å². The second kappa shape index (κ2) is 3.79. The summed E-state index contributed by atoms with van der Waals surface area (Å²) < 4.78 is 16.6. The summed E-state index contributed by atoms with van der Waals surface area (Å²) in [6, 6.07) is 3.78. The van der Waals surface area contributed by atoms with E-state index in [1.807, 2.05) is 12.1 Å². The van der Waals surface area contributed by atoms with Crippen molar-refractivity contribution >= 4 is 15.9 Å². The van der Waals surface area contributed by atoms with Crippen LogP contribution in [0, 0.1) is 0 Å². The quantitative estimate of drug-likeness (QED) is 0.781. The van der Waals surface area contributed by atoms with Crippen LogP contribution in [0.4, 0.5) is 0 Å². The molecule has 76 valence electrons. The predicted octanol–water partition coefficient (Wildman–Crippen LogP) is 2.54. The highest BCUT2D eigenvalue weighted by molar-refractivity contribution is 9.10. The summed E-state index contributed by atoms with van der Waals surface area (Å²) in [6.45, 7) is 0.765. The number of epoxide rings is 1. The number of hydrogen-bond acceptors (Lipinski definition) is 3.